The van der Waals surface area contributed by atoms with Gasteiger partial charge < -0.3 is 14.4 Å². The molecule has 3 fully saturated rings. The van der Waals surface area contributed by atoms with Crippen LogP contribution < -0.4 is 0 Å². The van der Waals surface area contributed by atoms with Gasteiger partial charge in [-0.1, -0.05) is 0 Å². The number of hydrogen-bond acceptors (Lipinski definition) is 4. The summed E-state index contributed by atoms with van der Waals surface area (Å²) in [5.41, 5.74) is 1.12. The van der Waals surface area contributed by atoms with Crippen LogP contribution in [0.1, 0.15) is 31.2 Å². The van der Waals surface area contributed by atoms with Crippen LogP contribution in [0.3, 0.4) is 0 Å². The number of ether oxygens (including phenoxy) is 2. The maximum atomic E-state index is 12.6. The topological polar surface area (TPSA) is 38.8 Å². The lowest BCUT2D eigenvalue weighted by molar-refractivity contribution is -0.151. The number of thiophene rings is 1. The number of rotatable bonds is 5. The Balaban J connectivity index is 1.38. The van der Waals surface area contributed by atoms with Crippen molar-refractivity contribution in [3.8, 4) is 0 Å². The molecule has 0 N–H and O–H groups in total. The van der Waals surface area contributed by atoms with Gasteiger partial charge in [-0.05, 0) is 54.0 Å². The Bertz CT molecular complexity index is 514. The van der Waals surface area contributed by atoms with Crippen LogP contribution in [0.2, 0.25) is 0 Å². The first-order valence-electron chi connectivity index (χ1n) is 8.35. The summed E-state index contributed by atoms with van der Waals surface area (Å²) in [6, 6.07) is 2.25. The fourth-order valence-electron chi connectivity index (χ4n) is 3.62. The van der Waals surface area contributed by atoms with Gasteiger partial charge in [0.25, 0.3) is 0 Å². The van der Waals surface area contributed by atoms with Gasteiger partial charge in [0.1, 0.15) is 6.10 Å². The quantitative estimate of drug-likeness (QED) is 0.836. The van der Waals surface area contributed by atoms with E-state index < -0.39 is 0 Å². The molecule has 5 heteroatoms. The first-order chi connectivity index (χ1) is 10.8. The van der Waals surface area contributed by atoms with Crippen molar-refractivity contribution in [3.63, 3.8) is 0 Å². The van der Waals surface area contributed by atoms with Crippen molar-refractivity contribution in [2.45, 2.75) is 50.4 Å². The second kappa shape index (κ2) is 6.30. The minimum atomic E-state index is 0.0823. The molecule has 0 aromatic carbocycles. The molecule has 4 rings (SSSR count). The van der Waals surface area contributed by atoms with Gasteiger partial charge in [0, 0.05) is 13.2 Å². The minimum Gasteiger partial charge on any atom is -0.375 e. The summed E-state index contributed by atoms with van der Waals surface area (Å²) in [7, 11) is 0. The van der Waals surface area contributed by atoms with Crippen molar-refractivity contribution in [2.75, 3.05) is 19.8 Å². The number of carbonyl (C=O) groups is 1. The first kappa shape index (κ1) is 14.7. The van der Waals surface area contributed by atoms with Crippen molar-refractivity contribution in [1.29, 1.82) is 0 Å². The van der Waals surface area contributed by atoms with E-state index >= 15 is 0 Å². The fourth-order valence-corrected chi connectivity index (χ4v) is 4.29. The van der Waals surface area contributed by atoms with E-state index in [1.807, 2.05) is 16.3 Å². The molecule has 1 aromatic rings. The highest BCUT2D eigenvalue weighted by atomic mass is 32.1. The number of hydrogen-bond donors (Lipinski definition) is 0. The van der Waals surface area contributed by atoms with Crippen molar-refractivity contribution in [1.82, 2.24) is 4.90 Å². The second-order valence-corrected chi connectivity index (χ2v) is 7.47. The smallest absolute Gasteiger partial charge is 0.227 e. The van der Waals surface area contributed by atoms with Gasteiger partial charge in [0.05, 0.1) is 25.2 Å². The monoisotopic (exact) mass is 321 g/mol. The normalized spacial score (nSPS) is 31.3. The second-order valence-electron chi connectivity index (χ2n) is 6.69. The van der Waals surface area contributed by atoms with Gasteiger partial charge in [0.15, 0.2) is 0 Å². The summed E-state index contributed by atoms with van der Waals surface area (Å²) in [5.74, 6) is 1.01. The Morgan fingerprint density at radius 3 is 3.05 bits per heavy atom. The molecule has 22 heavy (non-hydrogen) atoms. The predicted molar refractivity (Wildman–Crippen MR) is 85.0 cm³/mol. The van der Waals surface area contributed by atoms with Crippen LogP contribution >= 0.6 is 11.3 Å². The van der Waals surface area contributed by atoms with Crippen molar-refractivity contribution >= 4 is 17.2 Å². The molecule has 1 saturated heterocycles. The maximum absolute atomic E-state index is 12.6. The van der Waals surface area contributed by atoms with Crippen molar-refractivity contribution < 1.29 is 14.3 Å². The molecule has 2 saturated carbocycles. The summed E-state index contributed by atoms with van der Waals surface area (Å²) in [6.07, 6.45) is 5.43. The predicted octanol–water partition coefficient (Wildman–Crippen LogP) is 2.48. The van der Waals surface area contributed by atoms with Crippen LogP contribution in [0.25, 0.3) is 0 Å². The van der Waals surface area contributed by atoms with Gasteiger partial charge in [-0.2, -0.15) is 11.3 Å². The first-order valence-corrected chi connectivity index (χ1v) is 9.29. The average molecular weight is 321 g/mol. The van der Waals surface area contributed by atoms with Gasteiger partial charge in [0.2, 0.25) is 5.91 Å². The zero-order valence-electron chi connectivity index (χ0n) is 12.8. The molecule has 1 aromatic heterocycles. The number of fused-ring (bicyclic) bond motifs is 1. The Hall–Kier alpha value is -0.910. The highest BCUT2D eigenvalue weighted by Crippen LogP contribution is 2.35. The molecule has 2 heterocycles. The fraction of sp³-hybridized carbons (Fsp3) is 0.706. The van der Waals surface area contributed by atoms with Crippen LogP contribution in [-0.4, -0.2) is 48.8 Å². The molecule has 1 aliphatic heterocycles. The number of morpholine rings is 1. The summed E-state index contributed by atoms with van der Waals surface area (Å²) in [6.45, 7) is 2.24. The van der Waals surface area contributed by atoms with Gasteiger partial charge in [-0.15, -0.1) is 0 Å². The van der Waals surface area contributed by atoms with E-state index in [0.717, 1.165) is 37.5 Å². The maximum Gasteiger partial charge on any atom is 0.227 e. The molecular weight excluding hydrogens is 298 g/mol. The van der Waals surface area contributed by atoms with Gasteiger partial charge in [-0.3, -0.25) is 4.79 Å². The van der Waals surface area contributed by atoms with E-state index in [9.17, 15) is 4.79 Å². The number of amides is 1. The summed E-state index contributed by atoms with van der Waals surface area (Å²) >= 11 is 1.65. The molecule has 0 radical (unpaired) electrons. The highest BCUT2D eigenvalue weighted by Gasteiger charge is 2.45. The largest absolute Gasteiger partial charge is 0.375 e. The van der Waals surface area contributed by atoms with Crippen LogP contribution in [0.4, 0.5) is 0 Å². The molecule has 3 aliphatic rings. The molecular formula is C17H23NO3S. The zero-order valence-corrected chi connectivity index (χ0v) is 13.6. The standard InChI is InChI=1S/C17H23NO3S/c19-16(9-13-5-8-22-11-13)18-6-7-20-17-14(18)3-4-15(17)21-10-12-1-2-12/h5,8,11-12,14-15,17H,1-4,6-7,9-10H2/t14-,15+,17+/m0/s1. The molecule has 120 valence electrons. The lowest BCUT2D eigenvalue weighted by Gasteiger charge is -2.39. The van der Waals surface area contributed by atoms with Crippen molar-refractivity contribution in [3.05, 3.63) is 22.4 Å². The van der Waals surface area contributed by atoms with Gasteiger partial charge >= 0.3 is 0 Å². The highest BCUT2D eigenvalue weighted by molar-refractivity contribution is 7.07. The summed E-state index contributed by atoms with van der Waals surface area (Å²) in [5, 5.41) is 4.09. The van der Waals surface area contributed by atoms with Crippen LogP contribution in [-0.2, 0) is 20.7 Å². The van der Waals surface area contributed by atoms with E-state index in [2.05, 4.69) is 5.38 Å². The van der Waals surface area contributed by atoms with E-state index in [1.165, 1.54) is 12.8 Å². The SMILES string of the molecule is O=C(Cc1ccsc1)N1CCO[C@H]2[C@H](OCC3CC3)CC[C@@H]21. The molecule has 0 bridgehead atoms. The van der Waals surface area contributed by atoms with Gasteiger partial charge in [-0.25, -0.2) is 0 Å². The Morgan fingerprint density at radius 2 is 2.27 bits per heavy atom. The number of carbonyl (C=O) groups excluding carboxylic acids is 1. The van der Waals surface area contributed by atoms with Crippen LogP contribution in [0.15, 0.2) is 16.8 Å². The summed E-state index contributed by atoms with van der Waals surface area (Å²) in [4.78, 5) is 14.7. The third kappa shape index (κ3) is 3.07. The van der Waals surface area contributed by atoms with E-state index in [4.69, 9.17) is 9.47 Å². The third-order valence-electron chi connectivity index (χ3n) is 5.03. The lowest BCUT2D eigenvalue weighted by Crippen LogP contribution is -2.54. The molecule has 3 atom stereocenters. The minimum absolute atomic E-state index is 0.0823. The molecule has 2 aliphatic carbocycles. The van der Waals surface area contributed by atoms with Crippen LogP contribution in [0, 0.1) is 5.92 Å². The molecule has 4 nitrogen and oxygen atoms in total. The molecule has 1 amide bonds. The van der Waals surface area contributed by atoms with E-state index in [-0.39, 0.29) is 24.2 Å². The lowest BCUT2D eigenvalue weighted by atomic mass is 10.1. The Labute approximate surface area is 135 Å². The molecule has 0 spiro atoms. The Morgan fingerprint density at radius 1 is 1.36 bits per heavy atom. The van der Waals surface area contributed by atoms with Crippen LogP contribution in [0.5, 0.6) is 0 Å². The van der Waals surface area contributed by atoms with Crippen molar-refractivity contribution in [2.24, 2.45) is 5.92 Å². The summed E-state index contributed by atoms with van der Waals surface area (Å²) < 4.78 is 12.0. The zero-order chi connectivity index (χ0) is 14.9. The number of nitrogens with zero attached hydrogens (tertiary/aromatic N) is 1. The molecule has 0 unspecified atom stereocenters. The van der Waals surface area contributed by atoms with E-state index in [1.54, 1.807) is 11.3 Å². The third-order valence-corrected chi connectivity index (χ3v) is 5.77. The Kier molecular flexibility index (Phi) is 4.20. The van der Waals surface area contributed by atoms with E-state index in [0.29, 0.717) is 13.0 Å². The average Bonchev–Trinajstić information content (AvgIpc) is 3.05.